The highest BCUT2D eigenvalue weighted by Crippen LogP contribution is 2.15. The van der Waals surface area contributed by atoms with Gasteiger partial charge in [-0.15, -0.1) is 0 Å². The molecular formula is C11H12F3NO3. The van der Waals surface area contributed by atoms with Crippen molar-refractivity contribution >= 4 is 11.7 Å². The molecule has 7 heteroatoms. The molecule has 0 atom stereocenters. The van der Waals surface area contributed by atoms with Crippen LogP contribution in [-0.4, -0.2) is 25.5 Å². The molecule has 1 aromatic carbocycles. The molecule has 0 aromatic heterocycles. The van der Waals surface area contributed by atoms with Crippen LogP contribution < -0.4 is 5.73 Å². The third-order valence-corrected chi connectivity index (χ3v) is 2.05. The average Bonchev–Trinajstić information content (AvgIpc) is 2.26. The molecule has 0 heterocycles. The van der Waals surface area contributed by atoms with E-state index < -0.39 is 25.5 Å². The first kappa shape index (κ1) is 14.3. The topological polar surface area (TPSA) is 61.5 Å². The Morgan fingerprint density at radius 1 is 1.39 bits per heavy atom. The number of ether oxygens (including phenoxy) is 2. The maximum atomic E-state index is 11.7. The number of aryl methyl sites for hydroxylation is 1. The average molecular weight is 263 g/mol. The number of esters is 1. The normalized spacial score (nSPS) is 11.3. The minimum Gasteiger partial charge on any atom is -0.435 e. The van der Waals surface area contributed by atoms with Gasteiger partial charge in [0.2, 0.25) is 0 Å². The van der Waals surface area contributed by atoms with Crippen LogP contribution in [0.2, 0.25) is 0 Å². The van der Waals surface area contributed by atoms with E-state index in [-0.39, 0.29) is 5.56 Å². The largest absolute Gasteiger partial charge is 0.435 e. The summed E-state index contributed by atoms with van der Waals surface area (Å²) in [6.45, 7) is -0.459. The summed E-state index contributed by atoms with van der Waals surface area (Å²) in [5.41, 5.74) is 6.94. The maximum Gasteiger partial charge on any atom is 0.411 e. The highest BCUT2D eigenvalue weighted by atomic mass is 19.4. The molecule has 100 valence electrons. The molecule has 0 bridgehead atoms. The van der Waals surface area contributed by atoms with Crippen molar-refractivity contribution in [1.29, 1.82) is 0 Å². The molecule has 4 nitrogen and oxygen atoms in total. The highest BCUT2D eigenvalue weighted by Gasteiger charge is 2.27. The van der Waals surface area contributed by atoms with Crippen molar-refractivity contribution in [2.24, 2.45) is 0 Å². The van der Waals surface area contributed by atoms with Gasteiger partial charge in [0, 0.05) is 5.69 Å². The molecule has 1 aromatic rings. The number of hydrogen-bond acceptors (Lipinski definition) is 4. The molecule has 0 aliphatic heterocycles. The van der Waals surface area contributed by atoms with Crippen LogP contribution in [0, 0.1) is 6.92 Å². The van der Waals surface area contributed by atoms with E-state index in [0.717, 1.165) is 5.56 Å². The molecule has 0 aliphatic carbocycles. The minimum atomic E-state index is -4.44. The number of nitrogen functional groups attached to an aromatic ring is 1. The van der Waals surface area contributed by atoms with Gasteiger partial charge in [0.05, 0.1) is 5.56 Å². The Balaban J connectivity index is 2.43. The van der Waals surface area contributed by atoms with Crippen LogP contribution in [-0.2, 0) is 9.47 Å². The molecule has 0 radical (unpaired) electrons. The Kier molecular flexibility index (Phi) is 4.55. The molecule has 0 amide bonds. The summed E-state index contributed by atoms with van der Waals surface area (Å²) < 4.78 is 43.8. The van der Waals surface area contributed by atoms with Gasteiger partial charge in [-0.25, -0.2) is 4.79 Å². The quantitative estimate of drug-likeness (QED) is 0.392. The lowest BCUT2D eigenvalue weighted by atomic mass is 10.1. The van der Waals surface area contributed by atoms with Gasteiger partial charge < -0.3 is 15.2 Å². The molecular weight excluding hydrogens is 251 g/mol. The van der Waals surface area contributed by atoms with Crippen molar-refractivity contribution in [1.82, 2.24) is 0 Å². The molecule has 0 unspecified atom stereocenters. The number of alkyl halides is 3. The summed E-state index contributed by atoms with van der Waals surface area (Å²) in [7, 11) is 0. The van der Waals surface area contributed by atoms with Gasteiger partial charge in [-0.2, -0.15) is 13.2 Å². The lowest BCUT2D eigenvalue weighted by Gasteiger charge is -2.09. The minimum absolute atomic E-state index is 0.161. The van der Waals surface area contributed by atoms with Gasteiger partial charge in [0.1, 0.15) is 6.61 Å². The number of hydrogen-bond donors (Lipinski definition) is 1. The van der Waals surface area contributed by atoms with E-state index in [1.54, 1.807) is 13.0 Å². The predicted molar refractivity (Wildman–Crippen MR) is 57.9 cm³/mol. The summed E-state index contributed by atoms with van der Waals surface area (Å²) in [6, 6.07) is 4.47. The Labute approximate surface area is 101 Å². The molecule has 0 fully saturated rings. The smallest absolute Gasteiger partial charge is 0.411 e. The first-order chi connectivity index (χ1) is 8.29. The van der Waals surface area contributed by atoms with Gasteiger partial charge in [-0.1, -0.05) is 6.07 Å². The third kappa shape index (κ3) is 4.62. The Bertz CT molecular complexity index is 432. The van der Waals surface area contributed by atoms with Crippen molar-refractivity contribution in [2.75, 3.05) is 19.1 Å². The lowest BCUT2D eigenvalue weighted by Crippen LogP contribution is -2.19. The van der Waals surface area contributed by atoms with Crippen LogP contribution in [0.5, 0.6) is 0 Å². The Morgan fingerprint density at radius 2 is 2.06 bits per heavy atom. The molecule has 0 saturated carbocycles. The molecule has 18 heavy (non-hydrogen) atoms. The fourth-order valence-electron chi connectivity index (χ4n) is 1.10. The van der Waals surface area contributed by atoms with E-state index in [1.807, 2.05) is 0 Å². The molecule has 1 rings (SSSR count). The van der Waals surface area contributed by atoms with Crippen molar-refractivity contribution in [3.05, 3.63) is 29.3 Å². The first-order valence-corrected chi connectivity index (χ1v) is 4.97. The van der Waals surface area contributed by atoms with Gasteiger partial charge in [-0.05, 0) is 24.6 Å². The molecule has 2 N–H and O–H groups in total. The van der Waals surface area contributed by atoms with Gasteiger partial charge in [0.15, 0.2) is 6.79 Å². The van der Waals surface area contributed by atoms with E-state index in [1.165, 1.54) is 12.1 Å². The zero-order chi connectivity index (χ0) is 13.8. The summed E-state index contributed by atoms with van der Waals surface area (Å²) in [5, 5.41) is 0. The van der Waals surface area contributed by atoms with Gasteiger partial charge >= 0.3 is 12.1 Å². The van der Waals surface area contributed by atoms with Crippen molar-refractivity contribution in [3.63, 3.8) is 0 Å². The maximum absolute atomic E-state index is 11.7. The zero-order valence-corrected chi connectivity index (χ0v) is 9.58. The second kappa shape index (κ2) is 5.72. The van der Waals surface area contributed by atoms with E-state index in [4.69, 9.17) is 5.73 Å². The standard InChI is InChI=1S/C11H12F3NO3/c1-7-2-3-8(4-9(7)15)10(16)18-6-17-5-11(12,13)14/h2-4H,5-6,15H2,1H3. The number of nitrogens with two attached hydrogens (primary N) is 1. The molecule has 0 aliphatic rings. The van der Waals surface area contributed by atoms with Crippen molar-refractivity contribution in [2.45, 2.75) is 13.1 Å². The van der Waals surface area contributed by atoms with Gasteiger partial charge in [-0.3, -0.25) is 0 Å². The molecule has 0 saturated heterocycles. The highest BCUT2D eigenvalue weighted by molar-refractivity contribution is 5.90. The van der Waals surface area contributed by atoms with Crippen LogP contribution >= 0.6 is 0 Å². The second-order valence-corrected chi connectivity index (χ2v) is 3.58. The number of carbonyl (C=O) groups is 1. The van der Waals surface area contributed by atoms with Crippen LogP contribution in [0.25, 0.3) is 0 Å². The number of anilines is 1. The number of halogens is 3. The van der Waals surface area contributed by atoms with E-state index in [2.05, 4.69) is 9.47 Å². The summed E-state index contributed by atoms with van der Waals surface area (Å²) in [4.78, 5) is 11.4. The predicted octanol–water partition coefficient (Wildman–Crippen LogP) is 2.27. The monoisotopic (exact) mass is 263 g/mol. The number of carbonyl (C=O) groups excluding carboxylic acids is 1. The van der Waals surface area contributed by atoms with E-state index in [9.17, 15) is 18.0 Å². The van der Waals surface area contributed by atoms with E-state index in [0.29, 0.717) is 5.69 Å². The summed E-state index contributed by atoms with van der Waals surface area (Å²) >= 11 is 0. The van der Waals surface area contributed by atoms with Crippen LogP contribution in [0.1, 0.15) is 15.9 Å². The van der Waals surface area contributed by atoms with Crippen molar-refractivity contribution in [3.8, 4) is 0 Å². The SMILES string of the molecule is Cc1ccc(C(=O)OCOCC(F)(F)F)cc1N. The van der Waals surface area contributed by atoms with Crippen LogP contribution in [0.15, 0.2) is 18.2 Å². The fourth-order valence-corrected chi connectivity index (χ4v) is 1.10. The second-order valence-electron chi connectivity index (χ2n) is 3.58. The first-order valence-electron chi connectivity index (χ1n) is 4.97. The lowest BCUT2D eigenvalue weighted by molar-refractivity contribution is -0.190. The summed E-state index contributed by atoms with van der Waals surface area (Å²) in [6.07, 6.45) is -4.44. The number of rotatable bonds is 4. The fraction of sp³-hybridized carbons (Fsp3) is 0.364. The zero-order valence-electron chi connectivity index (χ0n) is 9.58. The van der Waals surface area contributed by atoms with Gasteiger partial charge in [0.25, 0.3) is 0 Å². The number of benzene rings is 1. The van der Waals surface area contributed by atoms with Crippen LogP contribution in [0.4, 0.5) is 18.9 Å². The Hall–Kier alpha value is -1.76. The third-order valence-electron chi connectivity index (χ3n) is 2.05. The van der Waals surface area contributed by atoms with Crippen molar-refractivity contribution < 1.29 is 27.4 Å². The molecule has 0 spiro atoms. The summed E-state index contributed by atoms with van der Waals surface area (Å²) in [5.74, 6) is -0.788. The Morgan fingerprint density at radius 3 is 2.61 bits per heavy atom. The van der Waals surface area contributed by atoms with E-state index >= 15 is 0 Å². The van der Waals surface area contributed by atoms with Crippen LogP contribution in [0.3, 0.4) is 0 Å².